The molecule has 0 radical (unpaired) electrons. The van der Waals surface area contributed by atoms with E-state index >= 15 is 0 Å². The van der Waals surface area contributed by atoms with E-state index < -0.39 is 0 Å². The van der Waals surface area contributed by atoms with Crippen LogP contribution in [0.15, 0.2) is 53.3 Å². The molecule has 0 aliphatic carbocycles. The van der Waals surface area contributed by atoms with Crippen molar-refractivity contribution in [2.75, 3.05) is 6.61 Å². The molecule has 7 nitrogen and oxygen atoms in total. The number of aromatic nitrogens is 3. The van der Waals surface area contributed by atoms with Gasteiger partial charge >= 0.3 is 0 Å². The zero-order valence-corrected chi connectivity index (χ0v) is 18.3. The van der Waals surface area contributed by atoms with Gasteiger partial charge < -0.3 is 10.1 Å². The quantitative estimate of drug-likeness (QED) is 0.502. The van der Waals surface area contributed by atoms with Gasteiger partial charge in [0.25, 0.3) is 11.5 Å². The fourth-order valence-corrected chi connectivity index (χ4v) is 3.88. The first-order chi connectivity index (χ1) is 14.9. The van der Waals surface area contributed by atoms with Gasteiger partial charge in [0.15, 0.2) is 6.61 Å². The number of nitrogens with one attached hydrogen (secondary N) is 1. The third kappa shape index (κ3) is 4.80. The van der Waals surface area contributed by atoms with Crippen molar-refractivity contribution in [3.63, 3.8) is 0 Å². The highest BCUT2D eigenvalue weighted by Gasteiger charge is 2.11. The van der Waals surface area contributed by atoms with Crippen molar-refractivity contribution in [2.24, 2.45) is 0 Å². The Morgan fingerprint density at radius 2 is 1.84 bits per heavy atom. The average molecular weight is 435 g/mol. The molecule has 1 N–H and O–H groups in total. The van der Waals surface area contributed by atoms with Gasteiger partial charge in [0.05, 0.1) is 12.2 Å². The molecular formula is C23H22N4O3S. The number of ether oxygens (including phenoxy) is 1. The lowest BCUT2D eigenvalue weighted by molar-refractivity contribution is -0.123. The molecule has 0 saturated heterocycles. The minimum absolute atomic E-state index is 0.109. The predicted octanol–water partition coefficient (Wildman–Crippen LogP) is 3.44. The summed E-state index contributed by atoms with van der Waals surface area (Å²) in [7, 11) is 0. The van der Waals surface area contributed by atoms with Crippen LogP contribution in [-0.4, -0.2) is 27.1 Å². The van der Waals surface area contributed by atoms with E-state index in [0.717, 1.165) is 22.3 Å². The molecule has 31 heavy (non-hydrogen) atoms. The predicted molar refractivity (Wildman–Crippen MR) is 121 cm³/mol. The van der Waals surface area contributed by atoms with Crippen molar-refractivity contribution in [3.8, 4) is 16.3 Å². The molecule has 0 unspecified atom stereocenters. The van der Waals surface area contributed by atoms with Gasteiger partial charge in [-0.2, -0.15) is 9.61 Å². The molecule has 1 amide bonds. The average Bonchev–Trinajstić information content (AvgIpc) is 3.18. The van der Waals surface area contributed by atoms with E-state index in [1.54, 1.807) is 0 Å². The van der Waals surface area contributed by atoms with Crippen LogP contribution < -0.4 is 15.6 Å². The number of carbonyl (C=O) groups is 1. The number of hydrogen-bond donors (Lipinski definition) is 1. The number of carbonyl (C=O) groups excluding carboxylic acids is 1. The highest BCUT2D eigenvalue weighted by atomic mass is 32.1. The molecule has 0 saturated carbocycles. The van der Waals surface area contributed by atoms with Crippen molar-refractivity contribution < 1.29 is 9.53 Å². The summed E-state index contributed by atoms with van der Waals surface area (Å²) in [4.78, 5) is 29.6. The van der Waals surface area contributed by atoms with Crippen LogP contribution in [0.2, 0.25) is 0 Å². The van der Waals surface area contributed by atoms with E-state index in [0.29, 0.717) is 21.4 Å². The zero-order chi connectivity index (χ0) is 22.0. The number of rotatable bonds is 6. The zero-order valence-electron chi connectivity index (χ0n) is 17.5. The van der Waals surface area contributed by atoms with Gasteiger partial charge in [0.2, 0.25) is 4.96 Å². The second-order valence-corrected chi connectivity index (χ2v) is 8.32. The Hall–Kier alpha value is -3.52. The largest absolute Gasteiger partial charge is 0.484 e. The molecule has 2 heterocycles. The van der Waals surface area contributed by atoms with Gasteiger partial charge in [0.1, 0.15) is 10.8 Å². The van der Waals surface area contributed by atoms with Gasteiger partial charge in [0, 0.05) is 11.6 Å². The molecule has 4 rings (SSSR count). The van der Waals surface area contributed by atoms with Gasteiger partial charge in [-0.05, 0) is 44.0 Å². The summed E-state index contributed by atoms with van der Waals surface area (Å²) in [5.74, 6) is 0.356. The SMILES string of the molecule is Cc1ccc(-c2nn3c(=O)cc(CNC(=O)COc4ccc(C)c(C)c4)nc3s2)cc1. The molecular weight excluding hydrogens is 412 g/mol. The number of nitrogens with zero attached hydrogens (tertiary/aromatic N) is 3. The lowest BCUT2D eigenvalue weighted by Crippen LogP contribution is -2.29. The smallest absolute Gasteiger partial charge is 0.275 e. The third-order valence-corrected chi connectivity index (χ3v) is 5.87. The summed E-state index contributed by atoms with van der Waals surface area (Å²) in [5.41, 5.74) is 4.54. The van der Waals surface area contributed by atoms with Crippen molar-refractivity contribution in [1.82, 2.24) is 19.9 Å². The number of amides is 1. The maximum Gasteiger partial charge on any atom is 0.275 e. The highest BCUT2D eigenvalue weighted by Crippen LogP contribution is 2.24. The lowest BCUT2D eigenvalue weighted by atomic mass is 10.1. The number of benzene rings is 2. The molecule has 0 aliphatic heterocycles. The van der Waals surface area contributed by atoms with Crippen LogP contribution >= 0.6 is 11.3 Å². The Bertz CT molecular complexity index is 1310. The van der Waals surface area contributed by atoms with Crippen LogP contribution in [0.5, 0.6) is 5.75 Å². The topological polar surface area (TPSA) is 85.6 Å². The van der Waals surface area contributed by atoms with E-state index in [9.17, 15) is 9.59 Å². The van der Waals surface area contributed by atoms with E-state index in [-0.39, 0.29) is 24.6 Å². The van der Waals surface area contributed by atoms with Gasteiger partial charge in [-0.3, -0.25) is 9.59 Å². The molecule has 0 aliphatic rings. The fourth-order valence-electron chi connectivity index (χ4n) is 2.95. The Kier molecular flexibility index (Phi) is 5.81. The lowest BCUT2D eigenvalue weighted by Gasteiger charge is -2.09. The molecule has 0 atom stereocenters. The van der Waals surface area contributed by atoms with Crippen LogP contribution in [0, 0.1) is 20.8 Å². The molecule has 2 aromatic carbocycles. The van der Waals surface area contributed by atoms with E-state index in [4.69, 9.17) is 4.74 Å². The van der Waals surface area contributed by atoms with Crippen molar-refractivity contribution in [1.29, 1.82) is 0 Å². The molecule has 0 bridgehead atoms. The first-order valence-corrected chi connectivity index (χ1v) is 10.6. The molecule has 8 heteroatoms. The Morgan fingerprint density at radius 1 is 1.06 bits per heavy atom. The molecule has 2 aromatic heterocycles. The van der Waals surface area contributed by atoms with Crippen molar-refractivity contribution in [3.05, 3.63) is 81.3 Å². The Labute approximate surface area is 183 Å². The van der Waals surface area contributed by atoms with Gasteiger partial charge in [-0.15, -0.1) is 0 Å². The molecule has 4 aromatic rings. The van der Waals surface area contributed by atoms with Crippen LogP contribution in [0.4, 0.5) is 0 Å². The van der Waals surface area contributed by atoms with E-state index in [1.165, 1.54) is 21.9 Å². The number of fused-ring (bicyclic) bond motifs is 1. The minimum atomic E-state index is -0.287. The summed E-state index contributed by atoms with van der Waals surface area (Å²) < 4.78 is 6.83. The van der Waals surface area contributed by atoms with Gasteiger partial charge in [-0.25, -0.2) is 4.98 Å². The summed E-state index contributed by atoms with van der Waals surface area (Å²) >= 11 is 1.33. The van der Waals surface area contributed by atoms with Gasteiger partial charge in [-0.1, -0.05) is 47.2 Å². The molecule has 0 fully saturated rings. The van der Waals surface area contributed by atoms with Crippen LogP contribution in [-0.2, 0) is 11.3 Å². The fraction of sp³-hybridized carbons (Fsp3) is 0.217. The normalized spacial score (nSPS) is 10.9. The van der Waals surface area contributed by atoms with Crippen molar-refractivity contribution in [2.45, 2.75) is 27.3 Å². The second kappa shape index (κ2) is 8.69. The summed E-state index contributed by atoms with van der Waals surface area (Å²) in [6, 6.07) is 15.0. The summed E-state index contributed by atoms with van der Waals surface area (Å²) in [6.45, 7) is 6.05. The second-order valence-electron chi connectivity index (χ2n) is 7.36. The third-order valence-electron chi connectivity index (χ3n) is 4.91. The summed E-state index contributed by atoms with van der Waals surface area (Å²) in [5, 5.41) is 7.83. The first kappa shape index (κ1) is 20.7. The van der Waals surface area contributed by atoms with Crippen LogP contribution in [0.25, 0.3) is 15.5 Å². The summed E-state index contributed by atoms with van der Waals surface area (Å²) in [6.07, 6.45) is 0. The highest BCUT2D eigenvalue weighted by molar-refractivity contribution is 7.19. The monoisotopic (exact) mass is 434 g/mol. The number of aryl methyl sites for hydroxylation is 3. The number of hydrogen-bond acceptors (Lipinski definition) is 6. The standard InChI is InChI=1S/C23H22N4O3S/c1-14-4-7-17(8-5-14)22-26-27-21(29)11-18(25-23(27)31-22)12-24-20(28)13-30-19-9-6-15(2)16(3)10-19/h4-11H,12-13H2,1-3H3,(H,24,28). The van der Waals surface area contributed by atoms with Crippen molar-refractivity contribution >= 4 is 22.2 Å². The van der Waals surface area contributed by atoms with E-state index in [2.05, 4.69) is 15.4 Å². The molecule has 158 valence electrons. The molecule has 0 spiro atoms. The Morgan fingerprint density at radius 3 is 2.58 bits per heavy atom. The maximum atomic E-state index is 12.4. The van der Waals surface area contributed by atoms with Crippen LogP contribution in [0.1, 0.15) is 22.4 Å². The Balaban J connectivity index is 1.42. The van der Waals surface area contributed by atoms with Crippen LogP contribution in [0.3, 0.4) is 0 Å². The minimum Gasteiger partial charge on any atom is -0.484 e. The maximum absolute atomic E-state index is 12.4. The van der Waals surface area contributed by atoms with E-state index in [1.807, 2.05) is 63.2 Å². The first-order valence-electron chi connectivity index (χ1n) is 9.82.